The average molecular weight is 672 g/mol. The van der Waals surface area contributed by atoms with Crippen LogP contribution in [0.1, 0.15) is 43.4 Å². The van der Waals surface area contributed by atoms with E-state index in [1.165, 1.54) is 12.1 Å². The van der Waals surface area contributed by atoms with Crippen LogP contribution in [0.3, 0.4) is 0 Å². The number of aryl methyl sites for hydroxylation is 1. The van der Waals surface area contributed by atoms with Crippen LogP contribution < -0.4 is 20.7 Å². The first-order valence-electron chi connectivity index (χ1n) is 16.3. The lowest BCUT2D eigenvalue weighted by atomic mass is 9.94. The maximum atomic E-state index is 17.4. The van der Waals surface area contributed by atoms with Crippen molar-refractivity contribution in [3.63, 3.8) is 0 Å². The summed E-state index contributed by atoms with van der Waals surface area (Å²) in [5.74, 6) is -0.134. The number of thiophene rings is 1. The Morgan fingerprint density at radius 2 is 2.04 bits per heavy atom. The van der Waals surface area contributed by atoms with E-state index in [4.69, 9.17) is 24.9 Å². The second-order valence-corrected chi connectivity index (χ2v) is 14.7. The Hall–Kier alpha value is -4.38. The van der Waals surface area contributed by atoms with Gasteiger partial charge in [-0.2, -0.15) is 15.2 Å². The van der Waals surface area contributed by atoms with Gasteiger partial charge in [-0.15, -0.1) is 11.3 Å². The van der Waals surface area contributed by atoms with Gasteiger partial charge in [-0.25, -0.2) is 13.2 Å². The number of nitrogens with two attached hydrogens (primary N) is 1. The summed E-state index contributed by atoms with van der Waals surface area (Å²) >= 11 is 0.954. The molecule has 4 saturated heterocycles. The van der Waals surface area contributed by atoms with E-state index >= 15 is 8.78 Å². The summed E-state index contributed by atoms with van der Waals surface area (Å²) in [6, 6.07) is 7.24. The predicted octanol–water partition coefficient (Wildman–Crippen LogP) is 6.71. The van der Waals surface area contributed by atoms with E-state index < -0.39 is 11.6 Å². The van der Waals surface area contributed by atoms with Crippen molar-refractivity contribution in [3.05, 3.63) is 53.1 Å². The molecule has 0 aliphatic carbocycles. The maximum absolute atomic E-state index is 17.4. The normalized spacial score (nSPS) is 24.8. The number of nitrogen functional groups attached to an aromatic ring is 1. The second kappa shape index (κ2) is 10.8. The molecule has 0 unspecified atom stereocenters. The SMILES string of the molecule is Cc1cc2c(o1)c(-c1ccc(F)c3sc(N)c(C#N)c13)c(F)c1nc(OC[C@@]34CCCN3C/C(=C\F)C4)nc(N3C[C@H]4CC[C@@H](C3)N4)c12. The third-order valence-corrected chi connectivity index (χ3v) is 11.7. The Kier molecular flexibility index (Phi) is 6.70. The lowest BCUT2D eigenvalue weighted by molar-refractivity contribution is 0.108. The molecule has 0 spiro atoms. The summed E-state index contributed by atoms with van der Waals surface area (Å²) in [5.41, 5.74) is 7.25. The highest BCUT2D eigenvalue weighted by Gasteiger charge is 2.47. The monoisotopic (exact) mass is 671 g/mol. The lowest BCUT2D eigenvalue weighted by Gasteiger charge is -2.35. The molecule has 0 saturated carbocycles. The van der Waals surface area contributed by atoms with E-state index in [2.05, 4.69) is 21.2 Å². The number of anilines is 2. The second-order valence-electron chi connectivity index (χ2n) is 13.6. The Labute approximate surface area is 277 Å². The van der Waals surface area contributed by atoms with Crippen molar-refractivity contribution in [1.29, 1.82) is 5.26 Å². The van der Waals surface area contributed by atoms with Crippen molar-refractivity contribution in [2.75, 3.05) is 43.4 Å². The van der Waals surface area contributed by atoms with Gasteiger partial charge in [0, 0.05) is 42.5 Å². The molecule has 3 atom stereocenters. The zero-order chi connectivity index (χ0) is 32.9. The molecule has 7 heterocycles. The smallest absolute Gasteiger partial charge is 0.319 e. The highest BCUT2D eigenvalue weighted by Crippen LogP contribution is 2.48. The van der Waals surface area contributed by atoms with Crippen molar-refractivity contribution in [1.82, 2.24) is 20.2 Å². The molecule has 48 heavy (non-hydrogen) atoms. The number of furan rings is 1. The van der Waals surface area contributed by atoms with Gasteiger partial charge in [-0.05, 0) is 68.8 Å². The van der Waals surface area contributed by atoms with Crippen molar-refractivity contribution in [3.8, 4) is 23.2 Å². The summed E-state index contributed by atoms with van der Waals surface area (Å²) in [4.78, 5) is 14.1. The number of halogens is 3. The first-order valence-corrected chi connectivity index (χ1v) is 17.1. The molecule has 5 aromatic rings. The Bertz CT molecular complexity index is 2230. The van der Waals surface area contributed by atoms with Gasteiger partial charge >= 0.3 is 6.01 Å². The number of benzene rings is 2. The number of aromatic nitrogens is 2. The number of ether oxygens (including phenoxy) is 1. The topological polar surface area (TPSA) is 116 Å². The molecule has 9 rings (SSSR count). The number of fused-ring (bicyclic) bond motifs is 7. The molecule has 2 aromatic carbocycles. The molecular weight excluding hydrogens is 639 g/mol. The summed E-state index contributed by atoms with van der Waals surface area (Å²) in [6.45, 7) is 4.81. The van der Waals surface area contributed by atoms with Crippen LogP contribution in [0, 0.1) is 29.9 Å². The summed E-state index contributed by atoms with van der Waals surface area (Å²) < 4.78 is 58.8. The molecule has 13 heteroatoms. The number of nitrogens with one attached hydrogen (secondary N) is 1. The zero-order valence-corrected chi connectivity index (χ0v) is 27.0. The van der Waals surface area contributed by atoms with Crippen LogP contribution in [0.2, 0.25) is 0 Å². The highest BCUT2D eigenvalue weighted by molar-refractivity contribution is 7.23. The number of rotatable bonds is 5. The Morgan fingerprint density at radius 1 is 1.23 bits per heavy atom. The minimum atomic E-state index is -0.691. The molecule has 3 aromatic heterocycles. The summed E-state index contributed by atoms with van der Waals surface area (Å²) in [6.07, 6.45) is 5.18. The number of piperazine rings is 1. The third-order valence-electron chi connectivity index (χ3n) is 10.7. The minimum Gasteiger partial charge on any atom is -0.461 e. The molecule has 246 valence electrons. The van der Waals surface area contributed by atoms with Crippen LogP contribution >= 0.6 is 11.3 Å². The Morgan fingerprint density at radius 3 is 2.81 bits per heavy atom. The van der Waals surface area contributed by atoms with E-state index in [9.17, 15) is 9.65 Å². The molecule has 9 nitrogen and oxygen atoms in total. The van der Waals surface area contributed by atoms with Crippen LogP contribution in [0.15, 0.2) is 34.5 Å². The zero-order valence-electron chi connectivity index (χ0n) is 26.2. The molecule has 4 fully saturated rings. The Balaban J connectivity index is 1.27. The van der Waals surface area contributed by atoms with Crippen LogP contribution in [-0.2, 0) is 0 Å². The lowest BCUT2D eigenvalue weighted by Crippen LogP contribution is -2.51. The van der Waals surface area contributed by atoms with Gasteiger partial charge in [0.1, 0.15) is 46.2 Å². The third kappa shape index (κ3) is 4.35. The number of hydrogen-bond acceptors (Lipinski definition) is 10. The van der Waals surface area contributed by atoms with E-state index in [0.717, 1.165) is 49.1 Å². The number of nitriles is 1. The van der Waals surface area contributed by atoms with Gasteiger partial charge < -0.3 is 25.1 Å². The van der Waals surface area contributed by atoms with E-state index in [0.29, 0.717) is 54.7 Å². The van der Waals surface area contributed by atoms with Crippen LogP contribution in [0.5, 0.6) is 6.01 Å². The van der Waals surface area contributed by atoms with E-state index in [1.54, 1.807) is 6.92 Å². The molecule has 3 N–H and O–H groups in total. The van der Waals surface area contributed by atoms with Crippen LogP contribution in [-0.4, -0.2) is 65.3 Å². The van der Waals surface area contributed by atoms with E-state index in [1.807, 2.05) is 6.07 Å². The average Bonchev–Trinajstić information content (AvgIpc) is 3.88. The molecule has 4 aliphatic heterocycles. The largest absolute Gasteiger partial charge is 0.461 e. The van der Waals surface area contributed by atoms with Crippen LogP contribution in [0.25, 0.3) is 43.1 Å². The first kappa shape index (κ1) is 29.7. The van der Waals surface area contributed by atoms with Gasteiger partial charge in [0.15, 0.2) is 5.82 Å². The van der Waals surface area contributed by atoms with Crippen molar-refractivity contribution < 1.29 is 22.3 Å². The molecular formula is C35H32F3N7O2S. The predicted molar refractivity (Wildman–Crippen MR) is 179 cm³/mol. The van der Waals surface area contributed by atoms with Crippen molar-refractivity contribution in [2.24, 2.45) is 0 Å². The molecule has 0 amide bonds. The standard InChI is InChI=1S/C35H32F3N7O2S/c1-17-9-22-27-29(28(38)26(30(22)47-17)21-5-6-24(37)31-25(21)23(12-39)32(40)48-31)42-34(43-33(27)44-14-19-3-4-20(15-44)41-19)46-16-35-7-2-8-45(35)13-18(10-35)11-36/h5-6,9,11,19-20,41H,2-4,7-8,10,13-16,40H2,1H3/b18-11-/t19-,20+,35-/m0/s1. The minimum absolute atomic E-state index is 0.0356. The van der Waals surface area contributed by atoms with Gasteiger partial charge in [0.2, 0.25) is 0 Å². The molecule has 2 bridgehead atoms. The summed E-state index contributed by atoms with van der Waals surface area (Å²) in [5, 5.41) is 15.1. The molecule has 4 aliphatic rings. The fourth-order valence-electron chi connectivity index (χ4n) is 8.60. The molecule has 0 radical (unpaired) electrons. The van der Waals surface area contributed by atoms with Crippen LogP contribution in [0.4, 0.5) is 24.0 Å². The van der Waals surface area contributed by atoms with Gasteiger partial charge in [0.05, 0.1) is 33.1 Å². The number of hydrogen-bond donors (Lipinski definition) is 2. The fourth-order valence-corrected chi connectivity index (χ4v) is 9.55. The first-order chi connectivity index (χ1) is 23.3. The van der Waals surface area contributed by atoms with Crippen molar-refractivity contribution >= 4 is 54.1 Å². The number of nitrogens with zero attached hydrogens (tertiary/aromatic N) is 5. The van der Waals surface area contributed by atoms with Gasteiger partial charge in [-0.3, -0.25) is 4.90 Å². The van der Waals surface area contributed by atoms with Crippen molar-refractivity contribution in [2.45, 2.75) is 56.7 Å². The van der Waals surface area contributed by atoms with E-state index in [-0.39, 0.29) is 73.1 Å². The quantitative estimate of drug-likeness (QED) is 0.210. The van der Waals surface area contributed by atoms with Gasteiger partial charge in [-0.1, -0.05) is 6.07 Å². The fraction of sp³-hybridized carbons (Fsp3) is 0.400. The summed E-state index contributed by atoms with van der Waals surface area (Å²) in [7, 11) is 0. The van der Waals surface area contributed by atoms with Gasteiger partial charge in [0.25, 0.3) is 0 Å². The highest BCUT2D eigenvalue weighted by atomic mass is 32.1. The maximum Gasteiger partial charge on any atom is 0.319 e.